The number of aromatic nitrogens is 2. The van der Waals surface area contributed by atoms with Crippen LogP contribution < -0.4 is 5.32 Å². The Hall–Kier alpha value is -2.75. The zero-order chi connectivity index (χ0) is 24.0. The number of imidazole rings is 1. The van der Waals surface area contributed by atoms with Gasteiger partial charge in [0.15, 0.2) is 0 Å². The Kier molecular flexibility index (Phi) is 6.18. The van der Waals surface area contributed by atoms with Crippen LogP contribution >= 0.6 is 22.6 Å². The van der Waals surface area contributed by atoms with Crippen LogP contribution in [0.15, 0.2) is 48.5 Å². The number of benzene rings is 2. The molecule has 1 aliphatic carbocycles. The molecule has 2 N–H and O–H groups in total. The minimum Gasteiger partial charge on any atom is -0.344 e. The van der Waals surface area contributed by atoms with Gasteiger partial charge in [-0.2, -0.15) is 0 Å². The summed E-state index contributed by atoms with van der Waals surface area (Å²) in [6.07, 6.45) is 2.88. The third-order valence-electron chi connectivity index (χ3n) is 6.76. The first kappa shape index (κ1) is 23.0. The number of rotatable bonds is 7. The fraction of sp³-hybridized carbons (Fsp3) is 0.346. The number of amides is 3. The molecule has 3 amide bonds. The highest BCUT2D eigenvalue weighted by Gasteiger charge is 2.47. The van der Waals surface area contributed by atoms with E-state index in [0.717, 1.165) is 22.0 Å². The molecule has 1 saturated heterocycles. The van der Waals surface area contributed by atoms with E-state index in [4.69, 9.17) is 4.98 Å². The van der Waals surface area contributed by atoms with Gasteiger partial charge in [0.05, 0.1) is 5.69 Å². The number of nitrogens with zero attached hydrogens (tertiary/aromatic N) is 2. The molecular formula is C26H26FIN4O2. The first-order chi connectivity index (χ1) is 16.3. The third kappa shape index (κ3) is 4.35. The van der Waals surface area contributed by atoms with Crippen molar-refractivity contribution in [3.63, 3.8) is 0 Å². The van der Waals surface area contributed by atoms with Crippen molar-refractivity contribution in [2.75, 3.05) is 0 Å². The summed E-state index contributed by atoms with van der Waals surface area (Å²) >= 11 is 2.07. The molecule has 176 valence electrons. The van der Waals surface area contributed by atoms with Gasteiger partial charge in [-0.1, -0.05) is 50.1 Å². The second kappa shape index (κ2) is 9.13. The van der Waals surface area contributed by atoms with Crippen LogP contribution in [0.4, 0.5) is 9.18 Å². The topological polar surface area (TPSA) is 78.1 Å². The molecule has 3 aromatic rings. The van der Waals surface area contributed by atoms with Gasteiger partial charge < -0.3 is 10.3 Å². The fourth-order valence-electron chi connectivity index (χ4n) is 4.75. The van der Waals surface area contributed by atoms with Crippen LogP contribution in [0.3, 0.4) is 0 Å². The summed E-state index contributed by atoms with van der Waals surface area (Å²) in [6, 6.07) is 13.2. The molecule has 0 bridgehead atoms. The lowest BCUT2D eigenvalue weighted by molar-refractivity contribution is -0.129. The summed E-state index contributed by atoms with van der Waals surface area (Å²) in [6.45, 7) is 3.81. The van der Waals surface area contributed by atoms with Crippen molar-refractivity contribution < 1.29 is 14.0 Å². The summed E-state index contributed by atoms with van der Waals surface area (Å²) in [5, 5.41) is 2.89. The molecule has 1 aliphatic heterocycles. The first-order valence-electron chi connectivity index (χ1n) is 11.5. The monoisotopic (exact) mass is 572 g/mol. The highest BCUT2D eigenvalue weighted by atomic mass is 127. The SMILES string of the molecule is Cc1[nH]c([C@H]([C@H](C)c2ccccc2)N2C(=O)N[C@H](CC3CC3)C2=O)nc1-c1ccc(I)cc1F. The standard InChI is InChI=1S/C26H26FIN4O2/c1-14(17-6-4-3-5-7-17)23(32-25(33)21(30-26(32)34)12-16-8-9-16)24-29-15(2)22(31-24)19-11-10-18(28)13-20(19)27/h3-7,10-11,13-14,16,21,23H,8-9,12H2,1-2H3,(H,29,31)(H,30,34)/t14-,21-,23+/m1/s1. The molecule has 2 aromatic carbocycles. The van der Waals surface area contributed by atoms with E-state index in [2.05, 4.69) is 32.9 Å². The van der Waals surface area contributed by atoms with E-state index in [-0.39, 0.29) is 17.6 Å². The van der Waals surface area contributed by atoms with Crippen LogP contribution in [0.25, 0.3) is 11.3 Å². The second-order valence-electron chi connectivity index (χ2n) is 9.25. The van der Waals surface area contributed by atoms with Crippen LogP contribution in [0, 0.1) is 22.2 Å². The maximum Gasteiger partial charge on any atom is 0.325 e. The normalized spacial score (nSPS) is 19.9. The van der Waals surface area contributed by atoms with E-state index < -0.39 is 18.1 Å². The van der Waals surface area contributed by atoms with Crippen molar-refractivity contribution in [2.24, 2.45) is 5.92 Å². The van der Waals surface area contributed by atoms with Gasteiger partial charge in [0.1, 0.15) is 23.7 Å². The number of halogens is 2. The number of urea groups is 1. The third-order valence-corrected chi connectivity index (χ3v) is 7.44. The second-order valence-corrected chi connectivity index (χ2v) is 10.5. The summed E-state index contributed by atoms with van der Waals surface area (Å²) in [5.41, 5.74) is 2.53. The lowest BCUT2D eigenvalue weighted by Crippen LogP contribution is -2.38. The zero-order valence-electron chi connectivity index (χ0n) is 19.0. The lowest BCUT2D eigenvalue weighted by atomic mass is 9.91. The fourth-order valence-corrected chi connectivity index (χ4v) is 5.20. The minimum absolute atomic E-state index is 0.222. The van der Waals surface area contributed by atoms with Gasteiger partial charge in [0.2, 0.25) is 0 Å². The Morgan fingerprint density at radius 2 is 1.91 bits per heavy atom. The van der Waals surface area contributed by atoms with E-state index in [1.54, 1.807) is 6.07 Å². The van der Waals surface area contributed by atoms with Crippen molar-refractivity contribution in [1.82, 2.24) is 20.2 Å². The number of carbonyl (C=O) groups excluding carboxylic acids is 2. The van der Waals surface area contributed by atoms with Crippen molar-refractivity contribution in [3.8, 4) is 11.3 Å². The highest BCUT2D eigenvalue weighted by Crippen LogP contribution is 2.40. The number of hydrogen-bond donors (Lipinski definition) is 2. The van der Waals surface area contributed by atoms with Crippen molar-refractivity contribution in [1.29, 1.82) is 0 Å². The Morgan fingerprint density at radius 1 is 1.18 bits per heavy atom. The molecule has 5 rings (SSSR count). The molecule has 2 heterocycles. The van der Waals surface area contributed by atoms with Gasteiger partial charge in [-0.15, -0.1) is 0 Å². The number of nitrogens with one attached hydrogen (secondary N) is 2. The Balaban J connectivity index is 1.56. The first-order valence-corrected chi connectivity index (χ1v) is 12.6. The number of carbonyl (C=O) groups is 2. The number of hydrogen-bond acceptors (Lipinski definition) is 3. The molecule has 1 saturated carbocycles. The molecular weight excluding hydrogens is 546 g/mol. The Bertz CT molecular complexity index is 1240. The van der Waals surface area contributed by atoms with Crippen LogP contribution in [0.2, 0.25) is 0 Å². The van der Waals surface area contributed by atoms with Gasteiger partial charge in [-0.3, -0.25) is 9.69 Å². The number of aryl methyl sites for hydroxylation is 1. The van der Waals surface area contributed by atoms with E-state index in [1.165, 1.54) is 11.0 Å². The number of H-pyrrole nitrogens is 1. The molecule has 8 heteroatoms. The van der Waals surface area contributed by atoms with Crippen LogP contribution in [0.1, 0.15) is 55.2 Å². The molecule has 3 atom stereocenters. The molecule has 34 heavy (non-hydrogen) atoms. The Morgan fingerprint density at radius 3 is 2.59 bits per heavy atom. The summed E-state index contributed by atoms with van der Waals surface area (Å²) in [5.74, 6) is 0.161. The number of imide groups is 1. The lowest BCUT2D eigenvalue weighted by Gasteiger charge is -2.29. The number of aromatic amines is 1. The molecule has 1 aromatic heterocycles. The average Bonchev–Trinajstić information content (AvgIpc) is 3.50. The molecule has 2 fully saturated rings. The van der Waals surface area contributed by atoms with E-state index >= 15 is 0 Å². The van der Waals surface area contributed by atoms with E-state index in [0.29, 0.717) is 35.1 Å². The maximum atomic E-state index is 14.8. The largest absolute Gasteiger partial charge is 0.344 e. The highest BCUT2D eigenvalue weighted by molar-refractivity contribution is 14.1. The van der Waals surface area contributed by atoms with E-state index in [1.807, 2.05) is 50.2 Å². The van der Waals surface area contributed by atoms with Crippen molar-refractivity contribution >= 4 is 34.5 Å². The summed E-state index contributed by atoms with van der Waals surface area (Å²) < 4.78 is 15.6. The van der Waals surface area contributed by atoms with Gasteiger partial charge in [0.25, 0.3) is 5.91 Å². The van der Waals surface area contributed by atoms with E-state index in [9.17, 15) is 14.0 Å². The van der Waals surface area contributed by atoms with Gasteiger partial charge in [-0.05, 0) is 65.6 Å². The zero-order valence-corrected chi connectivity index (χ0v) is 21.2. The maximum absolute atomic E-state index is 14.8. The predicted octanol–water partition coefficient (Wildman–Crippen LogP) is 5.69. The summed E-state index contributed by atoms with van der Waals surface area (Å²) in [7, 11) is 0. The average molecular weight is 572 g/mol. The Labute approximate surface area is 211 Å². The predicted molar refractivity (Wildman–Crippen MR) is 136 cm³/mol. The van der Waals surface area contributed by atoms with Crippen molar-refractivity contribution in [2.45, 2.75) is 51.1 Å². The van der Waals surface area contributed by atoms with Gasteiger partial charge in [-0.25, -0.2) is 14.2 Å². The molecule has 0 unspecified atom stereocenters. The minimum atomic E-state index is -0.654. The molecule has 0 radical (unpaired) electrons. The van der Waals surface area contributed by atoms with Crippen LogP contribution in [-0.4, -0.2) is 32.8 Å². The van der Waals surface area contributed by atoms with Crippen LogP contribution in [0.5, 0.6) is 0 Å². The molecule has 0 spiro atoms. The molecule has 6 nitrogen and oxygen atoms in total. The molecule has 2 aliphatic rings. The van der Waals surface area contributed by atoms with Crippen molar-refractivity contribution in [3.05, 3.63) is 75.0 Å². The van der Waals surface area contributed by atoms with Crippen LogP contribution in [-0.2, 0) is 4.79 Å². The summed E-state index contributed by atoms with van der Waals surface area (Å²) in [4.78, 5) is 35.9. The van der Waals surface area contributed by atoms with Gasteiger partial charge >= 0.3 is 6.03 Å². The quantitative estimate of drug-likeness (QED) is 0.282. The van der Waals surface area contributed by atoms with Gasteiger partial charge in [0, 0.05) is 20.7 Å². The smallest absolute Gasteiger partial charge is 0.325 e.